The highest BCUT2D eigenvalue weighted by molar-refractivity contribution is 6.11. The van der Waals surface area contributed by atoms with E-state index in [0.717, 1.165) is 0 Å². The van der Waals surface area contributed by atoms with Gasteiger partial charge in [-0.2, -0.15) is 0 Å². The zero-order chi connectivity index (χ0) is 17.3. The zero-order valence-electron chi connectivity index (χ0n) is 13.4. The predicted molar refractivity (Wildman–Crippen MR) is 88.0 cm³/mol. The van der Waals surface area contributed by atoms with Crippen molar-refractivity contribution in [3.8, 4) is 17.2 Å². The summed E-state index contributed by atoms with van der Waals surface area (Å²) < 4.78 is 16.2. The number of methoxy groups -OCH3 is 3. The van der Waals surface area contributed by atoms with Crippen LogP contribution in [0.5, 0.6) is 17.2 Å². The average Bonchev–Trinajstić information content (AvgIpc) is 2.96. The predicted octanol–water partition coefficient (Wildman–Crippen LogP) is 2.64. The molecule has 0 fully saturated rings. The third-order valence-corrected chi connectivity index (χ3v) is 3.68. The first-order valence-corrected chi connectivity index (χ1v) is 7.09. The van der Waals surface area contributed by atoms with Gasteiger partial charge in [0.25, 0.3) is 0 Å². The molecule has 0 saturated heterocycles. The molecule has 0 bridgehead atoms. The topological polar surface area (TPSA) is 85.6 Å². The number of ether oxygens (including phenoxy) is 3. The van der Waals surface area contributed by atoms with Crippen molar-refractivity contribution >= 4 is 16.8 Å². The first-order valence-electron chi connectivity index (χ1n) is 7.09. The normalized spacial score (nSPS) is 10.6. The van der Waals surface area contributed by atoms with Gasteiger partial charge >= 0.3 is 0 Å². The maximum atomic E-state index is 12.8. The molecule has 0 saturated carbocycles. The summed E-state index contributed by atoms with van der Waals surface area (Å²) in [6, 6.07) is 7.96. The lowest BCUT2D eigenvalue weighted by Crippen LogP contribution is -2.08. The summed E-state index contributed by atoms with van der Waals surface area (Å²) in [4.78, 5) is 16.8. The van der Waals surface area contributed by atoms with Crippen molar-refractivity contribution in [3.63, 3.8) is 0 Å². The van der Waals surface area contributed by atoms with Gasteiger partial charge in [-0.3, -0.25) is 4.79 Å². The van der Waals surface area contributed by atoms with Gasteiger partial charge in [0.1, 0.15) is 5.65 Å². The lowest BCUT2D eigenvalue weighted by Gasteiger charge is -2.15. The van der Waals surface area contributed by atoms with Crippen molar-refractivity contribution in [1.29, 1.82) is 0 Å². The van der Waals surface area contributed by atoms with Crippen molar-refractivity contribution in [3.05, 3.63) is 53.0 Å². The van der Waals surface area contributed by atoms with Crippen LogP contribution in [0, 0.1) is 5.21 Å². The highest BCUT2D eigenvalue weighted by atomic mass is 16.5. The van der Waals surface area contributed by atoms with Crippen LogP contribution in [0.2, 0.25) is 0 Å². The number of carbonyl (C=O) groups excluding carboxylic acids is 1. The Balaban J connectivity index is 2.13. The summed E-state index contributed by atoms with van der Waals surface area (Å²) in [7, 11) is 4.39. The third kappa shape index (κ3) is 2.40. The van der Waals surface area contributed by atoms with E-state index in [9.17, 15) is 10.0 Å². The van der Waals surface area contributed by atoms with E-state index in [1.807, 2.05) is 0 Å². The van der Waals surface area contributed by atoms with Crippen molar-refractivity contribution in [2.45, 2.75) is 0 Å². The van der Waals surface area contributed by atoms with Crippen LogP contribution < -0.4 is 14.2 Å². The Kier molecular flexibility index (Phi) is 3.99. The number of fused-ring (bicyclic) bond motifs is 1. The third-order valence-electron chi connectivity index (χ3n) is 3.68. The Hall–Kier alpha value is -3.22. The van der Waals surface area contributed by atoms with Crippen LogP contribution in [-0.4, -0.2) is 36.8 Å². The van der Waals surface area contributed by atoms with Gasteiger partial charge in [0.15, 0.2) is 11.5 Å². The molecule has 0 radical (unpaired) electrons. The van der Waals surface area contributed by atoms with Gasteiger partial charge in [0, 0.05) is 17.1 Å². The number of nitrogens with zero attached hydrogens (tertiary/aromatic N) is 2. The average molecular weight is 327 g/mol. The summed E-state index contributed by atoms with van der Waals surface area (Å²) >= 11 is 0. The molecule has 124 valence electrons. The Labute approximate surface area is 138 Å². The summed E-state index contributed by atoms with van der Waals surface area (Å²) in [6.45, 7) is 0. The first-order chi connectivity index (χ1) is 11.6. The number of aromatic nitrogens is 2. The lowest BCUT2D eigenvalue weighted by atomic mass is 10.1. The number of pyridine rings is 1. The molecule has 1 aromatic carbocycles. The highest BCUT2D eigenvalue weighted by Crippen LogP contribution is 2.38. The molecular formula is C17H15N2O5-. The fourth-order valence-corrected chi connectivity index (χ4v) is 2.53. The molecule has 0 amide bonds. The molecule has 3 aromatic rings. The first kappa shape index (κ1) is 15.7. The summed E-state index contributed by atoms with van der Waals surface area (Å²) in [6.07, 6.45) is 1.50. The van der Waals surface area contributed by atoms with E-state index in [1.54, 1.807) is 12.1 Å². The molecule has 0 atom stereocenters. The molecule has 0 N–H and O–H groups in total. The number of benzene rings is 1. The molecule has 2 aromatic heterocycles. The van der Waals surface area contributed by atoms with Crippen LogP contribution in [0.3, 0.4) is 0 Å². The second kappa shape index (κ2) is 6.11. The Morgan fingerprint density at radius 1 is 1.08 bits per heavy atom. The molecule has 7 heteroatoms. The summed E-state index contributed by atoms with van der Waals surface area (Å²) in [5.74, 6) is 0.599. The van der Waals surface area contributed by atoms with Gasteiger partial charge < -0.3 is 24.1 Å². The maximum Gasteiger partial charge on any atom is 0.209 e. The van der Waals surface area contributed by atoms with E-state index in [4.69, 9.17) is 14.2 Å². The van der Waals surface area contributed by atoms with Crippen LogP contribution in [0.15, 0.2) is 36.5 Å². The number of rotatable bonds is 5. The molecule has 2 heterocycles. The smallest absolute Gasteiger partial charge is 0.209 e. The molecule has 0 aliphatic rings. The van der Waals surface area contributed by atoms with Gasteiger partial charge in [0.05, 0.1) is 27.0 Å². The van der Waals surface area contributed by atoms with Gasteiger partial charge in [-0.05, 0) is 30.3 Å². The minimum Gasteiger partial charge on any atom is -0.804 e. The monoisotopic (exact) mass is 327 g/mol. The molecule has 0 aliphatic heterocycles. The summed E-state index contributed by atoms with van der Waals surface area (Å²) in [5.41, 5.74) is 0.440. The van der Waals surface area contributed by atoms with E-state index < -0.39 is 5.78 Å². The van der Waals surface area contributed by atoms with Crippen LogP contribution in [0.25, 0.3) is 11.0 Å². The van der Waals surface area contributed by atoms with Crippen molar-refractivity contribution in [1.82, 2.24) is 9.71 Å². The lowest BCUT2D eigenvalue weighted by molar-refractivity contribution is 0.103. The fourth-order valence-electron chi connectivity index (χ4n) is 2.53. The van der Waals surface area contributed by atoms with Crippen LogP contribution in [-0.2, 0) is 0 Å². The van der Waals surface area contributed by atoms with Crippen molar-refractivity contribution in [2.24, 2.45) is 0 Å². The van der Waals surface area contributed by atoms with Crippen molar-refractivity contribution < 1.29 is 19.0 Å². The number of hydrogen-bond donors (Lipinski definition) is 0. The van der Waals surface area contributed by atoms with Crippen LogP contribution in [0.1, 0.15) is 16.1 Å². The summed E-state index contributed by atoms with van der Waals surface area (Å²) in [5, 5.41) is 12.9. The fraction of sp³-hybridized carbons (Fsp3) is 0.176. The van der Waals surface area contributed by atoms with Gasteiger partial charge in [-0.15, -0.1) is 0 Å². The van der Waals surface area contributed by atoms with E-state index in [-0.39, 0.29) is 16.9 Å². The molecule has 24 heavy (non-hydrogen) atoms. The molecule has 3 rings (SSSR count). The minimum absolute atomic E-state index is 0.0158. The standard InChI is InChI=1S/C17H15N2O5/c1-22-13-8-11(9-14(23-2)16(13)24-3)15(20)12-7-10-5-4-6-18-17(10)19(12)21/h4-9H,1-3H3/q-1. The van der Waals surface area contributed by atoms with Gasteiger partial charge in [0.2, 0.25) is 11.5 Å². The molecule has 7 nitrogen and oxygen atoms in total. The SMILES string of the molecule is COc1cc(C(=O)c2cc3cccnc3n2[O-])cc(OC)c1OC. The second-order valence-corrected chi connectivity index (χ2v) is 4.98. The van der Waals surface area contributed by atoms with Gasteiger partial charge in [-0.25, -0.2) is 4.98 Å². The largest absolute Gasteiger partial charge is 0.804 e. The minimum atomic E-state index is -0.456. The molecule has 0 unspecified atom stereocenters. The number of carbonyl (C=O) groups is 1. The number of hydrogen-bond acceptors (Lipinski definition) is 6. The van der Waals surface area contributed by atoms with Gasteiger partial charge in [-0.1, -0.05) is 0 Å². The van der Waals surface area contributed by atoms with E-state index in [0.29, 0.717) is 27.4 Å². The van der Waals surface area contributed by atoms with E-state index in [2.05, 4.69) is 4.98 Å². The van der Waals surface area contributed by atoms with Crippen LogP contribution in [0.4, 0.5) is 0 Å². The highest BCUT2D eigenvalue weighted by Gasteiger charge is 2.20. The number of ketones is 1. The van der Waals surface area contributed by atoms with Crippen molar-refractivity contribution in [2.75, 3.05) is 21.3 Å². The van der Waals surface area contributed by atoms with E-state index >= 15 is 0 Å². The zero-order valence-corrected chi connectivity index (χ0v) is 13.4. The maximum absolute atomic E-state index is 12.8. The molecule has 0 spiro atoms. The van der Waals surface area contributed by atoms with E-state index in [1.165, 1.54) is 45.7 Å². The Morgan fingerprint density at radius 3 is 2.29 bits per heavy atom. The molecule has 0 aliphatic carbocycles. The van der Waals surface area contributed by atoms with Crippen LogP contribution >= 0.6 is 0 Å². The Morgan fingerprint density at radius 2 is 1.75 bits per heavy atom. The molecular weight excluding hydrogens is 312 g/mol. The quantitative estimate of drug-likeness (QED) is 0.670. The second-order valence-electron chi connectivity index (χ2n) is 4.98. The Bertz CT molecular complexity index is 891.